The molecule has 0 aliphatic carbocycles. The summed E-state index contributed by atoms with van der Waals surface area (Å²) in [4.78, 5) is 0. The lowest BCUT2D eigenvalue weighted by atomic mass is 9.85. The first-order valence-corrected chi connectivity index (χ1v) is 6.17. The molecule has 0 unspecified atom stereocenters. The molecule has 0 fully saturated rings. The van der Waals surface area contributed by atoms with Crippen molar-refractivity contribution in [3.05, 3.63) is 35.4 Å². The van der Waals surface area contributed by atoms with Crippen LogP contribution in [0.5, 0.6) is 0 Å². The van der Waals surface area contributed by atoms with Crippen LogP contribution in [0.4, 0.5) is 0 Å². The first-order chi connectivity index (χ1) is 7.74. The minimum absolute atomic E-state index is 0.149. The van der Waals surface area contributed by atoms with Gasteiger partial charge in [0.15, 0.2) is 0 Å². The number of aliphatic hydroxyl groups is 2. The Kier molecular flexibility index (Phi) is 4.34. The molecular weight excluding hydrogens is 212 g/mol. The Bertz CT molecular complexity index is 344. The van der Waals surface area contributed by atoms with E-state index in [0.29, 0.717) is 0 Å². The monoisotopic (exact) mass is 236 g/mol. The minimum atomic E-state index is -0.608. The predicted octanol–water partition coefficient (Wildman–Crippen LogP) is 2.66. The summed E-state index contributed by atoms with van der Waals surface area (Å²) in [6.45, 7) is 7.86. The van der Waals surface area contributed by atoms with Crippen molar-refractivity contribution in [2.75, 3.05) is 6.61 Å². The molecule has 1 aromatic carbocycles. The van der Waals surface area contributed by atoms with Crippen LogP contribution in [0.3, 0.4) is 0 Å². The molecule has 0 bridgehead atoms. The highest BCUT2D eigenvalue weighted by Gasteiger charge is 2.19. The average Bonchev–Trinajstić information content (AvgIpc) is 2.26. The van der Waals surface area contributed by atoms with E-state index in [0.717, 1.165) is 18.4 Å². The summed E-state index contributed by atoms with van der Waals surface area (Å²) >= 11 is 0. The average molecular weight is 236 g/mol. The quantitative estimate of drug-likeness (QED) is 0.825. The summed E-state index contributed by atoms with van der Waals surface area (Å²) in [5.41, 5.74) is 1.58. The van der Waals surface area contributed by atoms with E-state index >= 15 is 0 Å². The highest BCUT2D eigenvalue weighted by molar-refractivity contribution is 5.28. The van der Waals surface area contributed by atoms with Gasteiger partial charge in [-0.25, -0.2) is 0 Å². The van der Waals surface area contributed by atoms with Crippen LogP contribution in [0.1, 0.15) is 45.2 Å². The summed E-state index contributed by atoms with van der Waals surface area (Å²) < 4.78 is 0. The smallest absolute Gasteiger partial charge is 0.0594 e. The molecule has 0 radical (unpaired) electrons. The Morgan fingerprint density at radius 2 is 1.53 bits per heavy atom. The van der Waals surface area contributed by atoms with Gasteiger partial charge in [0, 0.05) is 5.41 Å². The Morgan fingerprint density at radius 3 is 1.94 bits per heavy atom. The Hall–Kier alpha value is -0.860. The molecule has 0 heterocycles. The predicted molar refractivity (Wildman–Crippen MR) is 71.2 cm³/mol. The zero-order chi connectivity index (χ0) is 13.1. The lowest BCUT2D eigenvalue weighted by Gasteiger charge is -2.22. The van der Waals surface area contributed by atoms with E-state index < -0.39 is 5.60 Å². The van der Waals surface area contributed by atoms with Gasteiger partial charge in [0.2, 0.25) is 0 Å². The molecule has 0 aliphatic rings. The van der Waals surface area contributed by atoms with Crippen LogP contribution < -0.4 is 0 Å². The fourth-order valence-corrected chi connectivity index (χ4v) is 1.66. The van der Waals surface area contributed by atoms with E-state index in [9.17, 15) is 10.2 Å². The van der Waals surface area contributed by atoms with E-state index in [1.54, 1.807) is 0 Å². The van der Waals surface area contributed by atoms with Crippen molar-refractivity contribution in [1.29, 1.82) is 0 Å². The van der Waals surface area contributed by atoms with Gasteiger partial charge in [0.25, 0.3) is 0 Å². The van der Waals surface area contributed by atoms with Crippen molar-refractivity contribution in [2.24, 2.45) is 0 Å². The number of hydrogen-bond donors (Lipinski definition) is 2. The van der Waals surface area contributed by atoms with Gasteiger partial charge < -0.3 is 10.2 Å². The second kappa shape index (κ2) is 5.19. The van der Waals surface area contributed by atoms with Crippen LogP contribution in [0.2, 0.25) is 0 Å². The molecule has 0 aromatic heterocycles. The zero-order valence-corrected chi connectivity index (χ0v) is 11.3. The third kappa shape index (κ3) is 4.49. The third-order valence-corrected chi connectivity index (χ3v) is 3.16. The van der Waals surface area contributed by atoms with Crippen LogP contribution in [-0.2, 0) is 11.8 Å². The van der Waals surface area contributed by atoms with Crippen LogP contribution in [0.25, 0.3) is 0 Å². The Labute approximate surface area is 104 Å². The van der Waals surface area contributed by atoms with Crippen LogP contribution in [0.15, 0.2) is 24.3 Å². The normalized spacial score (nSPS) is 12.8. The Balaban J connectivity index is 2.69. The first kappa shape index (κ1) is 14.2. The third-order valence-electron chi connectivity index (χ3n) is 3.16. The molecule has 2 heteroatoms. The Morgan fingerprint density at radius 1 is 1.00 bits per heavy atom. The van der Waals surface area contributed by atoms with Gasteiger partial charge >= 0.3 is 0 Å². The largest absolute Gasteiger partial charge is 0.395 e. The van der Waals surface area contributed by atoms with Gasteiger partial charge in [-0.05, 0) is 37.8 Å². The van der Waals surface area contributed by atoms with Crippen molar-refractivity contribution in [3.63, 3.8) is 0 Å². The minimum Gasteiger partial charge on any atom is -0.395 e. The fraction of sp³-hybridized carbons (Fsp3) is 0.600. The second-order valence-corrected chi connectivity index (χ2v) is 6.05. The number of rotatable bonds is 5. The number of aryl methyl sites for hydroxylation is 1. The second-order valence-electron chi connectivity index (χ2n) is 6.05. The lowest BCUT2D eigenvalue weighted by Crippen LogP contribution is -2.22. The summed E-state index contributed by atoms with van der Waals surface area (Å²) in [6.07, 6.45) is 1.64. The molecule has 2 N–H and O–H groups in total. The summed E-state index contributed by atoms with van der Waals surface area (Å²) in [6, 6.07) is 8.29. The molecule has 17 heavy (non-hydrogen) atoms. The summed E-state index contributed by atoms with van der Waals surface area (Å²) in [7, 11) is 0. The van der Waals surface area contributed by atoms with Gasteiger partial charge in [-0.2, -0.15) is 0 Å². The molecule has 1 aromatic rings. The van der Waals surface area contributed by atoms with E-state index in [-0.39, 0.29) is 12.0 Å². The first-order valence-electron chi connectivity index (χ1n) is 6.17. The highest BCUT2D eigenvalue weighted by atomic mass is 16.3. The van der Waals surface area contributed by atoms with Crippen LogP contribution >= 0.6 is 0 Å². The van der Waals surface area contributed by atoms with Gasteiger partial charge in [-0.15, -0.1) is 0 Å². The van der Waals surface area contributed by atoms with Crippen molar-refractivity contribution in [3.8, 4) is 0 Å². The molecule has 2 nitrogen and oxygen atoms in total. The lowest BCUT2D eigenvalue weighted by molar-refractivity contribution is 0.0714. The molecular formula is C15H24O2. The van der Waals surface area contributed by atoms with Gasteiger partial charge in [0.05, 0.1) is 12.2 Å². The molecule has 0 amide bonds. The number of benzene rings is 1. The van der Waals surface area contributed by atoms with Gasteiger partial charge in [0.1, 0.15) is 0 Å². The standard InChI is InChI=1S/C15H24O2/c1-14(2,11-16)13-7-5-12(6-8-13)9-10-15(3,4)17/h5-8,16-17H,9-11H2,1-4H3. The maximum Gasteiger partial charge on any atom is 0.0594 e. The maximum absolute atomic E-state index is 9.67. The molecule has 0 spiro atoms. The SMILES string of the molecule is CC(C)(O)CCc1ccc(C(C)(C)CO)cc1. The molecule has 0 aliphatic heterocycles. The highest BCUT2D eigenvalue weighted by Crippen LogP contribution is 2.23. The fourth-order valence-electron chi connectivity index (χ4n) is 1.66. The van der Waals surface area contributed by atoms with Crippen molar-refractivity contribution < 1.29 is 10.2 Å². The molecule has 1 rings (SSSR count). The van der Waals surface area contributed by atoms with Crippen molar-refractivity contribution in [2.45, 2.75) is 51.6 Å². The van der Waals surface area contributed by atoms with E-state index in [1.165, 1.54) is 5.56 Å². The van der Waals surface area contributed by atoms with Gasteiger partial charge in [-0.3, -0.25) is 0 Å². The van der Waals surface area contributed by atoms with Crippen molar-refractivity contribution in [1.82, 2.24) is 0 Å². The number of aliphatic hydroxyl groups excluding tert-OH is 1. The number of hydrogen-bond acceptors (Lipinski definition) is 2. The van der Waals surface area contributed by atoms with Crippen LogP contribution in [0, 0.1) is 0 Å². The summed E-state index contributed by atoms with van der Waals surface area (Å²) in [5, 5.41) is 19.0. The topological polar surface area (TPSA) is 40.5 Å². The molecule has 0 atom stereocenters. The van der Waals surface area contributed by atoms with E-state index in [2.05, 4.69) is 24.3 Å². The van der Waals surface area contributed by atoms with Crippen molar-refractivity contribution >= 4 is 0 Å². The maximum atomic E-state index is 9.67. The zero-order valence-electron chi connectivity index (χ0n) is 11.3. The van der Waals surface area contributed by atoms with Gasteiger partial charge in [-0.1, -0.05) is 38.1 Å². The van der Waals surface area contributed by atoms with Crippen LogP contribution in [-0.4, -0.2) is 22.4 Å². The molecule has 96 valence electrons. The molecule has 0 saturated heterocycles. The van der Waals surface area contributed by atoms with E-state index in [1.807, 2.05) is 27.7 Å². The summed E-state index contributed by atoms with van der Waals surface area (Å²) in [5.74, 6) is 0. The van der Waals surface area contributed by atoms with E-state index in [4.69, 9.17) is 0 Å². The molecule has 0 saturated carbocycles.